The molecule has 1 saturated heterocycles. The van der Waals surface area contributed by atoms with Gasteiger partial charge in [0.15, 0.2) is 20.9 Å². The number of nitrogens with zero attached hydrogens (tertiary/aromatic N) is 4. The van der Waals surface area contributed by atoms with E-state index in [0.29, 0.717) is 0 Å². The van der Waals surface area contributed by atoms with Crippen LogP contribution in [0, 0.1) is 0 Å². The van der Waals surface area contributed by atoms with Crippen molar-refractivity contribution in [1.29, 1.82) is 0 Å². The largest absolute Gasteiger partial charge is 0.477 e. The van der Waals surface area contributed by atoms with Crippen molar-refractivity contribution in [3.63, 3.8) is 0 Å². The minimum Gasteiger partial charge on any atom is -0.477 e. The molecule has 2 aromatic heterocycles. The molecule has 21 heteroatoms. The zero-order chi connectivity index (χ0) is 29.0. The molecule has 0 saturated carbocycles. The number of hydrogen-bond acceptors (Lipinski definition) is 11. The van der Waals surface area contributed by atoms with Gasteiger partial charge in [-0.2, -0.15) is 26.3 Å². The Hall–Kier alpha value is -3.10. The first-order valence-electron chi connectivity index (χ1n) is 10.1. The number of halogens is 7. The van der Waals surface area contributed by atoms with E-state index in [1.165, 1.54) is 0 Å². The molecule has 0 bridgehead atoms. The number of nitrogens with one attached hydrogen (secondary N) is 1. The molecule has 2 aliphatic rings. The second kappa shape index (κ2) is 10.1. The predicted molar refractivity (Wildman–Crippen MR) is 124 cm³/mol. The lowest BCUT2D eigenvalue weighted by atomic mass is 9.86. The quantitative estimate of drug-likeness (QED) is 0.122. The monoisotopic (exact) mass is 636 g/mol. The van der Waals surface area contributed by atoms with Crippen LogP contribution < -0.4 is 11.1 Å². The molecule has 2 aromatic rings. The molecule has 2 amide bonds. The van der Waals surface area contributed by atoms with Gasteiger partial charge in [-0.25, -0.2) is 14.8 Å². The Bertz CT molecular complexity index is 1410. The number of hydrogen-bond donors (Lipinski definition) is 4. The Labute approximate surface area is 229 Å². The first-order valence-corrected chi connectivity index (χ1v) is 12.9. The zero-order valence-electron chi connectivity index (χ0n) is 18.4. The van der Waals surface area contributed by atoms with Crippen LogP contribution in [0.4, 0.5) is 31.5 Å². The Balaban J connectivity index is 1.58. The van der Waals surface area contributed by atoms with Gasteiger partial charge in [0, 0.05) is 4.91 Å². The van der Waals surface area contributed by atoms with Gasteiger partial charge in [0.25, 0.3) is 11.8 Å². The number of alkyl halides is 6. The number of nitrogens with two attached hydrogens (primary N) is 1. The number of amides is 2. The number of fused-ring (bicyclic) bond motifs is 1. The van der Waals surface area contributed by atoms with Gasteiger partial charge in [-0.15, -0.1) is 11.3 Å². The number of carbonyl (C=O) groups is 3. The van der Waals surface area contributed by atoms with Gasteiger partial charge in [0.2, 0.25) is 0 Å². The number of thiazole rings is 2. The Morgan fingerprint density at radius 3 is 2.33 bits per heavy atom. The topological polar surface area (TPSA) is 171 Å². The fourth-order valence-corrected chi connectivity index (χ4v) is 7.02. The van der Waals surface area contributed by atoms with Crippen LogP contribution in [-0.4, -0.2) is 60.8 Å². The number of nitrogen functional groups attached to an aromatic ring is 1. The number of allylic oxidation sites excluding steroid dienone is 1. The molecule has 39 heavy (non-hydrogen) atoms. The van der Waals surface area contributed by atoms with E-state index in [1.807, 2.05) is 0 Å². The normalized spacial score (nSPS) is 20.1. The van der Waals surface area contributed by atoms with Crippen molar-refractivity contribution in [3.8, 4) is 0 Å². The van der Waals surface area contributed by atoms with E-state index in [2.05, 4.69) is 20.4 Å². The van der Waals surface area contributed by atoms with Gasteiger partial charge in [-0.1, -0.05) is 39.9 Å². The number of carboxylic acids is 1. The molecule has 0 aliphatic carbocycles. The highest BCUT2D eigenvalue weighted by Crippen LogP contribution is 2.49. The second-order valence-electron chi connectivity index (χ2n) is 7.72. The van der Waals surface area contributed by atoms with E-state index < -0.39 is 68.5 Å². The van der Waals surface area contributed by atoms with Crippen LogP contribution in [0.15, 0.2) is 20.1 Å². The lowest BCUT2D eigenvalue weighted by molar-refractivity contribution is -0.162. The highest BCUT2D eigenvalue weighted by molar-refractivity contribution is 8.04. The number of thioether (sulfide) groups is 1. The number of β-lactam (4-membered cyclic amide) rings is 1. The summed E-state index contributed by atoms with van der Waals surface area (Å²) < 4.78 is 77.9. The van der Waals surface area contributed by atoms with Crippen LogP contribution in [0.3, 0.4) is 0 Å². The Morgan fingerprint density at radius 1 is 1.18 bits per heavy atom. The minimum absolute atomic E-state index is 0.0184. The maximum Gasteiger partial charge on any atom is 0.434 e. The minimum atomic E-state index is -5.41. The van der Waals surface area contributed by atoms with E-state index in [4.69, 9.17) is 17.3 Å². The summed E-state index contributed by atoms with van der Waals surface area (Å²) in [5.41, 5.74) is 1.73. The molecule has 2 unspecified atom stereocenters. The summed E-state index contributed by atoms with van der Waals surface area (Å²) in [5.74, 6) is -3.70. The van der Waals surface area contributed by atoms with E-state index >= 15 is 0 Å². The number of anilines is 1. The molecule has 2 aliphatic heterocycles. The van der Waals surface area contributed by atoms with E-state index in [9.17, 15) is 51.0 Å². The van der Waals surface area contributed by atoms with Crippen molar-refractivity contribution in [1.82, 2.24) is 20.2 Å². The fourth-order valence-electron chi connectivity index (χ4n) is 3.83. The van der Waals surface area contributed by atoms with Crippen molar-refractivity contribution in [3.05, 3.63) is 31.2 Å². The molecule has 5 N–H and O–H groups in total. The molecule has 0 aromatic carbocycles. The number of carboxylic acid groups (broad SMARTS) is 1. The Kier molecular flexibility index (Phi) is 7.51. The number of aliphatic carboxylic acids is 1. The Morgan fingerprint density at radius 2 is 1.85 bits per heavy atom. The maximum atomic E-state index is 13.1. The highest BCUT2D eigenvalue weighted by Gasteiger charge is 2.54. The van der Waals surface area contributed by atoms with Crippen molar-refractivity contribution < 1.29 is 51.0 Å². The number of rotatable bonds is 6. The summed E-state index contributed by atoms with van der Waals surface area (Å²) in [4.78, 5) is 42.8. The van der Waals surface area contributed by atoms with Crippen LogP contribution in [0.25, 0.3) is 0 Å². The second-order valence-corrected chi connectivity index (χ2v) is 11.7. The molecular weight excluding hydrogens is 626 g/mol. The smallest absolute Gasteiger partial charge is 0.434 e. The third-order valence-corrected chi connectivity index (χ3v) is 8.76. The molecule has 11 nitrogen and oxygen atoms in total. The van der Waals surface area contributed by atoms with Crippen LogP contribution >= 0.6 is 46.0 Å². The van der Waals surface area contributed by atoms with Crippen LogP contribution in [-0.2, 0) is 26.7 Å². The van der Waals surface area contributed by atoms with Gasteiger partial charge in [0.1, 0.15) is 26.6 Å². The van der Waals surface area contributed by atoms with Crippen molar-refractivity contribution in [2.75, 3.05) is 5.73 Å². The van der Waals surface area contributed by atoms with Gasteiger partial charge in [-0.3, -0.25) is 14.5 Å². The summed E-state index contributed by atoms with van der Waals surface area (Å²) >= 11 is 6.66. The van der Waals surface area contributed by atoms with Crippen LogP contribution in [0.5, 0.6) is 0 Å². The molecule has 0 radical (unpaired) electrons. The zero-order valence-corrected chi connectivity index (χ0v) is 21.6. The molecule has 4 heterocycles. The summed E-state index contributed by atoms with van der Waals surface area (Å²) in [5, 5.41) is 24.0. The predicted octanol–water partition coefficient (Wildman–Crippen LogP) is 3.63. The number of aromatic nitrogens is 2. The van der Waals surface area contributed by atoms with E-state index in [0.717, 1.165) is 16.2 Å². The summed E-state index contributed by atoms with van der Waals surface area (Å²) in [7, 11) is 0. The van der Waals surface area contributed by atoms with Crippen molar-refractivity contribution in [2.24, 2.45) is 5.16 Å². The van der Waals surface area contributed by atoms with E-state index in [1.54, 1.807) is 0 Å². The lowest BCUT2D eigenvalue weighted by Crippen LogP contribution is -2.72. The summed E-state index contributed by atoms with van der Waals surface area (Å²) in [6.45, 7) is 0. The first kappa shape index (κ1) is 28.9. The highest BCUT2D eigenvalue weighted by atomic mass is 35.5. The van der Waals surface area contributed by atoms with Crippen LogP contribution in [0.2, 0.25) is 4.34 Å². The van der Waals surface area contributed by atoms with E-state index in [-0.39, 0.29) is 56.0 Å². The van der Waals surface area contributed by atoms with Crippen LogP contribution in [0.1, 0.15) is 29.1 Å². The molecule has 0 spiro atoms. The molecular formula is C18H11ClF6N6O5S3. The maximum absolute atomic E-state index is 13.1. The van der Waals surface area contributed by atoms with Crippen molar-refractivity contribution >= 4 is 74.7 Å². The average molecular weight is 637 g/mol. The molecule has 1 fully saturated rings. The molecule has 2 atom stereocenters. The van der Waals surface area contributed by atoms with Crippen molar-refractivity contribution in [2.45, 2.75) is 41.6 Å². The molecule has 4 rings (SSSR count). The summed E-state index contributed by atoms with van der Waals surface area (Å²) in [6, 6.07) is -2.22. The average Bonchev–Trinajstić information content (AvgIpc) is 3.40. The standard InChI is InChI=1S/C18H11ClF6N6O5S3/c19-11-6(28-15(26)39-11)7(30-36)12(32)27-5-3-1-2-4(8(14(34)35)31(3)13(5)33)37-16-29-9(17(20,21)22)10(38-16)18(23,24)25/h3,5,36H,1-2H2,(H2,26,28)(H,27,32)(H,34,35)/b30-7-. The number of carbonyl (C=O) groups excluding carboxylic acids is 2. The summed E-state index contributed by atoms with van der Waals surface area (Å²) in [6.07, 6.45) is -11.0. The molecule has 210 valence electrons. The third kappa shape index (κ3) is 5.37. The fraction of sp³-hybridized carbons (Fsp3) is 0.333. The number of oxime groups is 1. The van der Waals surface area contributed by atoms with Gasteiger partial charge in [-0.05, 0) is 12.8 Å². The lowest BCUT2D eigenvalue weighted by Gasteiger charge is -2.49. The van der Waals surface area contributed by atoms with Gasteiger partial charge >= 0.3 is 18.3 Å². The first-order chi connectivity index (χ1) is 18.0. The third-order valence-electron chi connectivity index (χ3n) is 5.37. The van der Waals surface area contributed by atoms with Gasteiger partial charge < -0.3 is 21.4 Å². The SMILES string of the molecule is Nc1nc(/C(=N/O)C(=O)NC2C(=O)N3C(C(=O)O)=C(Sc4nc(C(F)(F)F)c(C(F)(F)F)s4)CCC23)c(Cl)s1. The van der Waals surface area contributed by atoms with Gasteiger partial charge in [0.05, 0.1) is 6.04 Å².